The molecule has 186 valence electrons. The zero-order chi connectivity index (χ0) is 24.4. The summed E-state index contributed by atoms with van der Waals surface area (Å²) in [6.07, 6.45) is 8.51. The maximum atomic E-state index is 10.2. The van der Waals surface area contributed by atoms with Crippen LogP contribution in [0.2, 0.25) is 0 Å². The Kier molecular flexibility index (Phi) is 23.0. The zero-order valence-electron chi connectivity index (χ0n) is 17.4. The molecule has 0 radical (unpaired) electrons. The molecule has 0 atom stereocenters. The van der Waals surface area contributed by atoms with Crippen LogP contribution in [0.3, 0.4) is 0 Å². The molecular weight excluding hydrogens is 533 g/mol. The molecule has 0 bridgehead atoms. The summed E-state index contributed by atoms with van der Waals surface area (Å²) in [5.74, 6) is -1.43. The van der Waals surface area contributed by atoms with Crippen LogP contribution in [0.25, 0.3) is 0 Å². The van der Waals surface area contributed by atoms with E-state index in [4.69, 9.17) is 79.8 Å². The van der Waals surface area contributed by atoms with Gasteiger partial charge in [-0.15, -0.1) is 69.6 Å². The Bertz CT molecular complexity index is 398. The van der Waals surface area contributed by atoms with Gasteiger partial charge < -0.3 is 21.7 Å². The van der Waals surface area contributed by atoms with E-state index in [2.05, 4.69) is 11.5 Å². The second kappa shape index (κ2) is 21.2. The molecule has 0 aromatic heterocycles. The lowest BCUT2D eigenvalue weighted by Gasteiger charge is -2.37. The summed E-state index contributed by atoms with van der Waals surface area (Å²) in [5.41, 5.74) is 9.25. The van der Waals surface area contributed by atoms with E-state index in [0.29, 0.717) is 0 Å². The minimum absolute atomic E-state index is 0.250. The topological polar surface area (TPSA) is 127 Å². The first-order chi connectivity index (χ1) is 14.5. The normalized spacial score (nSPS) is 27.4. The van der Waals surface area contributed by atoms with Crippen molar-refractivity contribution in [3.05, 3.63) is 0 Å². The molecular formula is C19H34Cl6N2O4. The highest BCUT2D eigenvalue weighted by atomic mass is 35.5. The lowest BCUT2D eigenvalue weighted by Crippen LogP contribution is -2.52. The molecule has 1 rings (SSSR count). The third kappa shape index (κ3) is 17.7. The van der Waals surface area contributed by atoms with Gasteiger partial charge in [-0.25, -0.2) is 0 Å². The molecule has 0 aliphatic heterocycles. The van der Waals surface area contributed by atoms with Gasteiger partial charge >= 0.3 is 11.9 Å². The van der Waals surface area contributed by atoms with Gasteiger partial charge in [0.2, 0.25) is 0 Å². The number of unbranched alkanes of at least 4 members (excludes halogenated alkanes) is 7. The van der Waals surface area contributed by atoms with Crippen molar-refractivity contribution < 1.29 is 19.8 Å². The van der Waals surface area contributed by atoms with Crippen molar-refractivity contribution in [1.29, 1.82) is 0 Å². The van der Waals surface area contributed by atoms with Crippen LogP contribution in [-0.2, 0) is 9.59 Å². The predicted molar refractivity (Wildman–Crippen MR) is 133 cm³/mol. The van der Waals surface area contributed by atoms with Crippen molar-refractivity contribution in [3.63, 3.8) is 0 Å². The Morgan fingerprint density at radius 1 is 0.516 bits per heavy atom. The molecule has 31 heavy (non-hydrogen) atoms. The van der Waals surface area contributed by atoms with Crippen LogP contribution in [0, 0.1) is 0 Å². The van der Waals surface area contributed by atoms with Crippen LogP contribution in [0.15, 0.2) is 0 Å². The molecule has 1 fully saturated rings. The Labute approximate surface area is 215 Å². The number of hydrogen-bond acceptors (Lipinski definition) is 4. The van der Waals surface area contributed by atoms with Crippen molar-refractivity contribution in [1.82, 2.24) is 0 Å². The number of carboxylic acid groups (broad SMARTS) is 2. The highest BCUT2D eigenvalue weighted by Gasteiger charge is 2.46. The molecule has 0 aromatic rings. The first-order valence-corrected chi connectivity index (χ1v) is 12.8. The highest BCUT2D eigenvalue weighted by molar-refractivity contribution is 6.45. The van der Waals surface area contributed by atoms with Gasteiger partial charge in [0.15, 0.2) is 0 Å². The highest BCUT2D eigenvalue weighted by Crippen LogP contribution is 2.39. The molecule has 6 N–H and O–H groups in total. The van der Waals surface area contributed by atoms with E-state index in [1.165, 1.54) is 0 Å². The Hall–Kier alpha value is 0.600. The molecule has 6 nitrogen and oxygen atoms in total. The van der Waals surface area contributed by atoms with Gasteiger partial charge in [-0.3, -0.25) is 9.59 Å². The fraction of sp³-hybridized carbons (Fsp3) is 0.895. The van der Waals surface area contributed by atoms with Crippen molar-refractivity contribution in [2.24, 2.45) is 11.5 Å². The van der Waals surface area contributed by atoms with Crippen LogP contribution in [0.5, 0.6) is 0 Å². The van der Waals surface area contributed by atoms with Crippen molar-refractivity contribution in [2.45, 2.75) is 96.5 Å². The average molecular weight is 567 g/mol. The fourth-order valence-electron chi connectivity index (χ4n) is 2.67. The Balaban J connectivity index is 0. The summed E-state index contributed by atoms with van der Waals surface area (Å²) in [4.78, 5) is 20.4. The second-order valence-corrected chi connectivity index (χ2v) is 10.0. The van der Waals surface area contributed by atoms with Crippen LogP contribution >= 0.6 is 69.6 Å². The monoisotopic (exact) mass is 564 g/mol. The molecule has 0 aromatic carbocycles. The van der Waals surface area contributed by atoms with Gasteiger partial charge in [0.25, 0.3) is 0 Å². The Morgan fingerprint density at radius 2 is 0.677 bits per heavy atom. The zero-order valence-corrected chi connectivity index (χ0v) is 21.9. The fourth-order valence-corrected chi connectivity index (χ4v) is 4.99. The standard InChI is InChI=1S/C12H22O4.C6H6Cl6.CH6N2/c13-11(14)9-7-5-3-1-2-4-6-8-10-12(15)16;7-1-2(8)4(10)6(12)5(11)3(1)9;2-1-3/h1-10H2,(H,13,14)(H,15,16);1-6H;1-3H2/t;1-,2-,3-,4+,5+,6+;. The molecule has 1 aliphatic rings. The molecule has 0 saturated heterocycles. The van der Waals surface area contributed by atoms with E-state index in [9.17, 15) is 9.59 Å². The number of halogens is 6. The van der Waals surface area contributed by atoms with Gasteiger partial charge in [-0.05, 0) is 12.8 Å². The number of alkyl halides is 6. The predicted octanol–water partition coefficient (Wildman–Crippen LogP) is 5.56. The van der Waals surface area contributed by atoms with E-state index >= 15 is 0 Å². The minimum atomic E-state index is -0.714. The number of nitrogens with two attached hydrogens (primary N) is 2. The Morgan fingerprint density at radius 3 is 0.839 bits per heavy atom. The molecule has 0 spiro atoms. The van der Waals surface area contributed by atoms with E-state index < -0.39 is 44.2 Å². The molecule has 0 heterocycles. The van der Waals surface area contributed by atoms with Crippen LogP contribution < -0.4 is 11.5 Å². The van der Waals surface area contributed by atoms with E-state index in [1.54, 1.807) is 0 Å². The second-order valence-electron chi connectivity index (χ2n) is 7.02. The van der Waals surface area contributed by atoms with E-state index in [-0.39, 0.29) is 19.5 Å². The van der Waals surface area contributed by atoms with Crippen LogP contribution in [-0.4, -0.2) is 61.1 Å². The van der Waals surface area contributed by atoms with Crippen LogP contribution in [0.1, 0.15) is 64.2 Å². The maximum Gasteiger partial charge on any atom is 0.303 e. The molecule has 12 heteroatoms. The minimum Gasteiger partial charge on any atom is -0.481 e. The summed E-state index contributed by atoms with van der Waals surface area (Å²) in [6.45, 7) is 0.250. The number of rotatable bonds is 11. The smallest absolute Gasteiger partial charge is 0.303 e. The van der Waals surface area contributed by atoms with Gasteiger partial charge in [-0.1, -0.05) is 38.5 Å². The summed E-state index contributed by atoms with van der Waals surface area (Å²) in [7, 11) is 0. The van der Waals surface area contributed by atoms with Crippen LogP contribution in [0.4, 0.5) is 0 Å². The van der Waals surface area contributed by atoms with Crippen molar-refractivity contribution in [3.8, 4) is 0 Å². The van der Waals surface area contributed by atoms with E-state index in [1.807, 2.05) is 0 Å². The van der Waals surface area contributed by atoms with Crippen molar-refractivity contribution >= 4 is 81.5 Å². The van der Waals surface area contributed by atoms with Gasteiger partial charge in [0.1, 0.15) is 0 Å². The van der Waals surface area contributed by atoms with Gasteiger partial charge in [0.05, 0.1) is 32.3 Å². The number of hydrogen-bond donors (Lipinski definition) is 4. The van der Waals surface area contributed by atoms with E-state index in [0.717, 1.165) is 51.4 Å². The third-order valence-electron chi connectivity index (χ3n) is 4.36. The molecule has 1 saturated carbocycles. The summed E-state index contributed by atoms with van der Waals surface area (Å²) >= 11 is 35.3. The molecule has 1 aliphatic carbocycles. The average Bonchev–Trinajstić information content (AvgIpc) is 2.71. The summed E-state index contributed by atoms with van der Waals surface area (Å²) in [5, 5.41) is 14.2. The third-order valence-corrected chi connectivity index (χ3v) is 8.39. The lowest BCUT2D eigenvalue weighted by molar-refractivity contribution is -0.138. The number of carbonyl (C=O) groups is 2. The first kappa shape index (κ1) is 33.8. The number of aliphatic carboxylic acids is 2. The van der Waals surface area contributed by atoms with Gasteiger partial charge in [-0.2, -0.15) is 0 Å². The molecule has 0 amide bonds. The maximum absolute atomic E-state index is 10.2. The summed E-state index contributed by atoms with van der Waals surface area (Å²) in [6, 6.07) is 0. The van der Waals surface area contributed by atoms with Gasteiger partial charge in [0, 0.05) is 19.5 Å². The SMILES string of the molecule is Cl[C@H]1[C@H](Cl)[C@@H](Cl)[C@@H](Cl)[C@H](Cl)[C@H]1Cl.NCN.O=C(O)CCCCCCCCCCC(=O)O. The quantitative estimate of drug-likeness (QED) is 0.147. The van der Waals surface area contributed by atoms with Crippen molar-refractivity contribution in [2.75, 3.05) is 6.67 Å². The largest absolute Gasteiger partial charge is 0.481 e. The summed E-state index contributed by atoms with van der Waals surface area (Å²) < 4.78 is 0. The lowest BCUT2D eigenvalue weighted by atomic mass is 9.97. The first-order valence-electron chi connectivity index (χ1n) is 10.2. The molecule has 0 unspecified atom stereocenters. The number of carboxylic acids is 2.